The van der Waals surface area contributed by atoms with E-state index >= 15 is 0 Å². The molecule has 0 spiro atoms. The lowest BCUT2D eigenvalue weighted by molar-refractivity contribution is -0.870. The smallest absolute Gasteiger partial charge is 0.0780 e. The summed E-state index contributed by atoms with van der Waals surface area (Å²) in [5, 5.41) is 2.79. The molecule has 3 aromatic rings. The SMILES string of the molecule is C[N+](C)(C)CCCCCCCCCCCCn1c2ccccc2c2ccccc21. The Kier molecular flexibility index (Phi) is 8.18. The van der Waals surface area contributed by atoms with Crippen molar-refractivity contribution in [3.63, 3.8) is 0 Å². The predicted molar refractivity (Wildman–Crippen MR) is 129 cm³/mol. The number of hydrogen-bond acceptors (Lipinski definition) is 0. The number of hydrogen-bond donors (Lipinski definition) is 0. The molecule has 0 aliphatic heterocycles. The fraction of sp³-hybridized carbons (Fsp3) is 0.556. The highest BCUT2D eigenvalue weighted by Crippen LogP contribution is 2.29. The Bertz CT molecular complexity index is 816. The molecule has 2 nitrogen and oxygen atoms in total. The van der Waals surface area contributed by atoms with Crippen molar-refractivity contribution >= 4 is 21.8 Å². The number of nitrogens with zero attached hydrogens (tertiary/aromatic N) is 2. The summed E-state index contributed by atoms with van der Waals surface area (Å²) >= 11 is 0. The molecular weight excluding hydrogens is 352 g/mol. The monoisotopic (exact) mass is 393 g/mol. The summed E-state index contributed by atoms with van der Waals surface area (Å²) in [6.45, 7) is 2.45. The Morgan fingerprint density at radius 2 is 0.966 bits per heavy atom. The molecule has 0 aliphatic carbocycles. The molecule has 3 rings (SSSR count). The molecule has 0 saturated carbocycles. The van der Waals surface area contributed by atoms with E-state index in [4.69, 9.17) is 0 Å². The second-order valence-corrected chi connectivity index (χ2v) is 9.74. The van der Waals surface area contributed by atoms with Gasteiger partial charge in [0.05, 0.1) is 27.7 Å². The van der Waals surface area contributed by atoms with E-state index < -0.39 is 0 Å². The van der Waals surface area contributed by atoms with Gasteiger partial charge in [0.1, 0.15) is 0 Å². The lowest BCUT2D eigenvalue weighted by atomic mass is 10.1. The van der Waals surface area contributed by atoms with Gasteiger partial charge in [0, 0.05) is 28.4 Å². The van der Waals surface area contributed by atoms with Gasteiger partial charge in [-0.25, -0.2) is 0 Å². The van der Waals surface area contributed by atoms with Crippen LogP contribution in [0.25, 0.3) is 21.8 Å². The van der Waals surface area contributed by atoms with Gasteiger partial charge in [-0.15, -0.1) is 0 Å². The van der Waals surface area contributed by atoms with Gasteiger partial charge in [-0.2, -0.15) is 0 Å². The fourth-order valence-electron chi connectivity index (χ4n) is 4.51. The molecule has 0 amide bonds. The van der Waals surface area contributed by atoms with Crippen molar-refractivity contribution in [1.29, 1.82) is 0 Å². The van der Waals surface area contributed by atoms with Crippen LogP contribution in [0.15, 0.2) is 48.5 Å². The first-order valence-electron chi connectivity index (χ1n) is 11.8. The first-order valence-corrected chi connectivity index (χ1v) is 11.8. The molecular formula is C27H41N2+. The van der Waals surface area contributed by atoms with Crippen LogP contribution < -0.4 is 0 Å². The molecule has 0 N–H and O–H groups in total. The zero-order valence-electron chi connectivity index (χ0n) is 19.0. The Labute approximate surface area is 178 Å². The summed E-state index contributed by atoms with van der Waals surface area (Å²) in [6, 6.07) is 17.7. The highest BCUT2D eigenvalue weighted by Gasteiger charge is 2.09. The zero-order valence-corrected chi connectivity index (χ0v) is 19.0. The maximum atomic E-state index is 2.53. The van der Waals surface area contributed by atoms with Crippen LogP contribution in [0.1, 0.15) is 64.2 Å². The molecule has 1 heterocycles. The van der Waals surface area contributed by atoms with E-state index in [0.717, 1.165) is 11.0 Å². The van der Waals surface area contributed by atoms with Crippen LogP contribution in [-0.2, 0) is 6.54 Å². The lowest BCUT2D eigenvalue weighted by Gasteiger charge is -2.23. The number of benzene rings is 2. The van der Waals surface area contributed by atoms with Crippen molar-refractivity contribution in [2.24, 2.45) is 0 Å². The minimum Gasteiger partial charge on any atom is -0.340 e. The van der Waals surface area contributed by atoms with E-state index in [1.54, 1.807) is 0 Å². The maximum Gasteiger partial charge on any atom is 0.0780 e. The minimum absolute atomic E-state index is 1.11. The van der Waals surface area contributed by atoms with E-state index in [0.29, 0.717) is 0 Å². The largest absolute Gasteiger partial charge is 0.340 e. The summed E-state index contributed by atoms with van der Waals surface area (Å²) in [5.74, 6) is 0. The van der Waals surface area contributed by atoms with Crippen LogP contribution in [0, 0.1) is 0 Å². The normalized spacial score (nSPS) is 12.2. The maximum absolute atomic E-state index is 2.53. The third-order valence-corrected chi connectivity index (χ3v) is 6.14. The third kappa shape index (κ3) is 6.60. The van der Waals surface area contributed by atoms with Gasteiger partial charge in [0.15, 0.2) is 0 Å². The van der Waals surface area contributed by atoms with Crippen LogP contribution in [0.2, 0.25) is 0 Å². The number of aromatic nitrogens is 1. The number of rotatable bonds is 13. The summed E-state index contributed by atoms with van der Waals surface area (Å²) in [7, 11) is 6.88. The van der Waals surface area contributed by atoms with Crippen LogP contribution in [0.4, 0.5) is 0 Å². The van der Waals surface area contributed by atoms with E-state index in [-0.39, 0.29) is 0 Å². The standard InChI is InChI=1S/C27H41N2/c1-29(2,3)23-17-11-9-7-5-4-6-8-10-16-22-28-26-20-14-12-18-24(26)25-19-13-15-21-27(25)28/h12-15,18-21H,4-11,16-17,22-23H2,1-3H3/q+1. The van der Waals surface area contributed by atoms with Gasteiger partial charge in [0.2, 0.25) is 0 Å². The molecule has 0 atom stereocenters. The van der Waals surface area contributed by atoms with Crippen molar-refractivity contribution in [1.82, 2.24) is 4.57 Å². The van der Waals surface area contributed by atoms with E-state index in [9.17, 15) is 0 Å². The van der Waals surface area contributed by atoms with Crippen LogP contribution >= 0.6 is 0 Å². The molecule has 1 aromatic heterocycles. The molecule has 0 saturated heterocycles. The van der Waals surface area contributed by atoms with Gasteiger partial charge in [-0.3, -0.25) is 0 Å². The third-order valence-electron chi connectivity index (χ3n) is 6.14. The van der Waals surface area contributed by atoms with Crippen molar-refractivity contribution in [2.75, 3.05) is 27.7 Å². The first kappa shape index (κ1) is 21.9. The van der Waals surface area contributed by atoms with Crippen molar-refractivity contribution in [2.45, 2.75) is 70.8 Å². The summed E-state index contributed by atoms with van der Waals surface area (Å²) in [5.41, 5.74) is 2.78. The molecule has 2 aromatic carbocycles. The minimum atomic E-state index is 1.11. The highest BCUT2D eigenvalue weighted by molar-refractivity contribution is 6.07. The van der Waals surface area contributed by atoms with E-state index in [2.05, 4.69) is 74.2 Å². The van der Waals surface area contributed by atoms with Gasteiger partial charge in [0.25, 0.3) is 0 Å². The second kappa shape index (κ2) is 10.8. The topological polar surface area (TPSA) is 4.93 Å². The molecule has 0 fully saturated rings. The predicted octanol–water partition coefficient (Wildman–Crippen LogP) is 7.40. The van der Waals surface area contributed by atoms with Gasteiger partial charge >= 0.3 is 0 Å². The van der Waals surface area contributed by atoms with Crippen LogP contribution in [0.3, 0.4) is 0 Å². The molecule has 0 aliphatic rings. The molecule has 0 bridgehead atoms. The second-order valence-electron chi connectivity index (χ2n) is 9.74. The Morgan fingerprint density at radius 1 is 0.552 bits per heavy atom. The lowest BCUT2D eigenvalue weighted by Crippen LogP contribution is -2.35. The number of para-hydroxylation sites is 2. The summed E-state index contributed by atoms with van der Waals surface area (Å²) < 4.78 is 3.63. The molecule has 0 radical (unpaired) electrons. The van der Waals surface area contributed by atoms with Crippen LogP contribution in [0.5, 0.6) is 0 Å². The Hall–Kier alpha value is -1.80. The number of unbranched alkanes of at least 4 members (excludes halogenated alkanes) is 9. The van der Waals surface area contributed by atoms with E-state index in [1.807, 2.05) is 0 Å². The molecule has 158 valence electrons. The average Bonchev–Trinajstić information content (AvgIpc) is 3.02. The fourth-order valence-corrected chi connectivity index (χ4v) is 4.51. The number of quaternary nitrogens is 1. The number of fused-ring (bicyclic) bond motifs is 3. The Balaban J connectivity index is 1.31. The van der Waals surface area contributed by atoms with Crippen molar-refractivity contribution < 1.29 is 4.48 Å². The average molecular weight is 394 g/mol. The van der Waals surface area contributed by atoms with E-state index in [1.165, 1.54) is 92.6 Å². The number of aryl methyl sites for hydroxylation is 1. The Morgan fingerprint density at radius 3 is 1.45 bits per heavy atom. The van der Waals surface area contributed by atoms with Crippen LogP contribution in [-0.4, -0.2) is 36.7 Å². The summed E-state index contributed by atoms with van der Waals surface area (Å²) in [4.78, 5) is 0. The molecule has 29 heavy (non-hydrogen) atoms. The first-order chi connectivity index (χ1) is 14.1. The molecule has 0 unspecified atom stereocenters. The van der Waals surface area contributed by atoms with Gasteiger partial charge < -0.3 is 9.05 Å². The van der Waals surface area contributed by atoms with Crippen molar-refractivity contribution in [3.8, 4) is 0 Å². The highest BCUT2D eigenvalue weighted by atomic mass is 15.3. The molecule has 2 heteroatoms. The zero-order chi connectivity index (χ0) is 20.5. The summed E-state index contributed by atoms with van der Waals surface area (Å²) in [6.07, 6.45) is 13.9. The quantitative estimate of drug-likeness (QED) is 0.210. The van der Waals surface area contributed by atoms with Crippen molar-refractivity contribution in [3.05, 3.63) is 48.5 Å². The van der Waals surface area contributed by atoms with Gasteiger partial charge in [-0.05, 0) is 31.4 Å². The van der Waals surface area contributed by atoms with Gasteiger partial charge in [-0.1, -0.05) is 81.3 Å².